The molecule has 5 nitrogen and oxygen atoms in total. The summed E-state index contributed by atoms with van der Waals surface area (Å²) in [6, 6.07) is 5.97. The van der Waals surface area contributed by atoms with E-state index in [2.05, 4.69) is 5.10 Å². The lowest BCUT2D eigenvalue weighted by molar-refractivity contribution is -0.384. The highest BCUT2D eigenvalue weighted by Crippen LogP contribution is 2.07. The topological polar surface area (TPSA) is 61.0 Å². The number of hydrogen-bond acceptors (Lipinski definition) is 3. The number of allylic oxidation sites excluding steroid dienone is 6. The maximum absolute atomic E-state index is 10.8. The molecule has 104 valence electrons. The maximum atomic E-state index is 10.8. The zero-order valence-corrected chi connectivity index (χ0v) is 11.5. The van der Waals surface area contributed by atoms with E-state index in [4.69, 9.17) is 0 Å². The molecule has 0 bridgehead atoms. The van der Waals surface area contributed by atoms with Crippen molar-refractivity contribution in [2.75, 3.05) is 0 Å². The predicted molar refractivity (Wildman–Crippen MR) is 80.4 cm³/mol. The van der Waals surface area contributed by atoms with E-state index in [0.717, 1.165) is 5.70 Å². The van der Waals surface area contributed by atoms with Crippen LogP contribution in [-0.4, -0.2) is 14.7 Å². The van der Waals surface area contributed by atoms with Gasteiger partial charge in [0.25, 0.3) is 5.69 Å². The van der Waals surface area contributed by atoms with Gasteiger partial charge in [-0.05, 0) is 38.1 Å². The normalized spacial score (nSPS) is 11.8. The molecule has 5 heteroatoms. The summed E-state index contributed by atoms with van der Waals surface area (Å²) in [7, 11) is 0. The van der Waals surface area contributed by atoms with Crippen LogP contribution in [0, 0.1) is 10.1 Å². The van der Waals surface area contributed by atoms with Gasteiger partial charge in [-0.2, -0.15) is 5.10 Å². The Hall–Kier alpha value is -2.69. The fourth-order valence-electron chi connectivity index (χ4n) is 1.42. The van der Waals surface area contributed by atoms with E-state index in [1.807, 2.05) is 44.2 Å². The highest BCUT2D eigenvalue weighted by Gasteiger charge is 1.99. The van der Waals surface area contributed by atoms with Gasteiger partial charge in [0.05, 0.1) is 10.6 Å². The van der Waals surface area contributed by atoms with Crippen molar-refractivity contribution in [1.29, 1.82) is 0 Å². The lowest BCUT2D eigenvalue weighted by Gasteiger charge is -2.02. The predicted octanol–water partition coefficient (Wildman–Crippen LogP) is 3.91. The van der Waals surface area contributed by atoms with E-state index in [9.17, 15) is 10.1 Å². The van der Waals surface area contributed by atoms with Crippen LogP contribution in [0.1, 0.15) is 13.8 Å². The van der Waals surface area contributed by atoms with E-state index in [0.29, 0.717) is 0 Å². The number of nitro groups is 1. The SMILES string of the molecule is C\C=C/C=C(\C=C/C)n1cccc([N+](=O)[O-])cccn1. The molecule has 1 aromatic rings. The van der Waals surface area contributed by atoms with Gasteiger partial charge >= 0.3 is 0 Å². The lowest BCUT2D eigenvalue weighted by Crippen LogP contribution is -1.97. The molecule has 0 aliphatic heterocycles. The van der Waals surface area contributed by atoms with Gasteiger partial charge < -0.3 is 0 Å². The van der Waals surface area contributed by atoms with Crippen LogP contribution in [0.3, 0.4) is 0 Å². The van der Waals surface area contributed by atoms with Crippen molar-refractivity contribution in [3.05, 3.63) is 77.2 Å². The third kappa shape index (κ3) is 4.89. The van der Waals surface area contributed by atoms with Crippen LogP contribution in [-0.2, 0) is 0 Å². The molecule has 0 aromatic carbocycles. The molecule has 0 spiro atoms. The van der Waals surface area contributed by atoms with Gasteiger partial charge in [0.15, 0.2) is 0 Å². The molecule has 0 aliphatic carbocycles. The second kappa shape index (κ2) is 8.42. The number of nitrogens with zero attached hydrogens (tertiary/aromatic N) is 3. The Morgan fingerprint density at radius 2 is 2.05 bits per heavy atom. The van der Waals surface area contributed by atoms with Gasteiger partial charge in [0, 0.05) is 24.5 Å². The van der Waals surface area contributed by atoms with E-state index < -0.39 is 4.92 Å². The molecule has 1 rings (SSSR count). The molecular formula is C15H17N3O2. The molecule has 0 amide bonds. The number of aromatic nitrogens is 2. The standard InChI is InChI=1S/C15H17N3O2/c1-3-5-9-14(8-4-2)17-13-7-11-15(18(19)20)10-6-12-16-17/h3-13H,1-2H3/b5-3-,8-4-,10-6?,13-7?,14-9+,15-11?,16-12?. The molecule has 0 fully saturated rings. The van der Waals surface area contributed by atoms with Gasteiger partial charge in [-0.25, -0.2) is 4.68 Å². The lowest BCUT2D eigenvalue weighted by atomic mass is 10.3. The van der Waals surface area contributed by atoms with Crippen LogP contribution >= 0.6 is 0 Å². The summed E-state index contributed by atoms with van der Waals surface area (Å²) in [6.07, 6.45) is 12.7. The number of hydrogen-bond donors (Lipinski definition) is 0. The average molecular weight is 271 g/mol. The minimum Gasteiger partial charge on any atom is -0.258 e. The summed E-state index contributed by atoms with van der Waals surface area (Å²) in [5.74, 6) is 0. The van der Waals surface area contributed by atoms with Crippen molar-refractivity contribution < 1.29 is 4.92 Å². The van der Waals surface area contributed by atoms with Crippen LogP contribution in [0.5, 0.6) is 0 Å². The molecule has 1 aromatic heterocycles. The van der Waals surface area contributed by atoms with E-state index >= 15 is 0 Å². The highest BCUT2D eigenvalue weighted by molar-refractivity contribution is 5.57. The summed E-state index contributed by atoms with van der Waals surface area (Å²) < 4.78 is 1.64. The summed E-state index contributed by atoms with van der Waals surface area (Å²) >= 11 is 0. The highest BCUT2D eigenvalue weighted by atomic mass is 16.6. The summed E-state index contributed by atoms with van der Waals surface area (Å²) in [6.45, 7) is 3.84. The fraction of sp³-hybridized carbons (Fsp3) is 0.133. The molecular weight excluding hydrogens is 254 g/mol. The van der Waals surface area contributed by atoms with Gasteiger partial charge in [0.1, 0.15) is 0 Å². The quantitative estimate of drug-likeness (QED) is 0.474. The zero-order chi connectivity index (χ0) is 14.8. The minimum absolute atomic E-state index is 0.0135. The molecule has 0 N–H and O–H groups in total. The molecule has 20 heavy (non-hydrogen) atoms. The minimum atomic E-state index is -0.438. The Labute approximate surface area is 118 Å². The molecule has 0 radical (unpaired) electrons. The summed E-state index contributed by atoms with van der Waals surface area (Å²) in [5, 5.41) is 15.0. The van der Waals surface area contributed by atoms with Gasteiger partial charge in [-0.15, -0.1) is 0 Å². The second-order valence-electron chi connectivity index (χ2n) is 3.78. The monoisotopic (exact) mass is 271 g/mol. The van der Waals surface area contributed by atoms with Crippen LogP contribution in [0.4, 0.5) is 5.69 Å². The van der Waals surface area contributed by atoms with Gasteiger partial charge in [0.2, 0.25) is 0 Å². The van der Waals surface area contributed by atoms with Crippen molar-refractivity contribution in [2.24, 2.45) is 0 Å². The van der Waals surface area contributed by atoms with Gasteiger partial charge in [-0.3, -0.25) is 10.1 Å². The molecule has 0 saturated heterocycles. The first kappa shape index (κ1) is 15.4. The van der Waals surface area contributed by atoms with E-state index in [1.165, 1.54) is 24.4 Å². The molecule has 0 saturated carbocycles. The Bertz CT molecular complexity index is 597. The molecule has 0 atom stereocenters. The van der Waals surface area contributed by atoms with Crippen LogP contribution in [0.2, 0.25) is 0 Å². The molecule has 0 aliphatic rings. The second-order valence-corrected chi connectivity index (χ2v) is 3.78. The molecule has 1 heterocycles. The van der Waals surface area contributed by atoms with Gasteiger partial charge in [-0.1, -0.05) is 18.2 Å². The van der Waals surface area contributed by atoms with Crippen molar-refractivity contribution in [3.8, 4) is 0 Å². The van der Waals surface area contributed by atoms with Crippen LogP contribution in [0.15, 0.2) is 67.0 Å². The summed E-state index contributed by atoms with van der Waals surface area (Å²) in [5.41, 5.74) is 0.865. The Morgan fingerprint density at radius 3 is 2.70 bits per heavy atom. The fourth-order valence-corrected chi connectivity index (χ4v) is 1.42. The largest absolute Gasteiger partial charge is 0.269 e. The van der Waals surface area contributed by atoms with Crippen molar-refractivity contribution >= 4 is 11.4 Å². The third-order valence-electron chi connectivity index (χ3n) is 2.31. The molecule has 0 unspecified atom stereocenters. The van der Waals surface area contributed by atoms with Crippen molar-refractivity contribution in [3.63, 3.8) is 0 Å². The average Bonchev–Trinajstić information content (AvgIpc) is 2.55. The van der Waals surface area contributed by atoms with Crippen molar-refractivity contribution in [2.45, 2.75) is 13.8 Å². The first-order valence-electron chi connectivity index (χ1n) is 6.17. The Balaban J connectivity index is 3.34. The zero-order valence-electron chi connectivity index (χ0n) is 11.5. The van der Waals surface area contributed by atoms with Crippen molar-refractivity contribution in [1.82, 2.24) is 9.78 Å². The van der Waals surface area contributed by atoms with Crippen LogP contribution in [0.25, 0.3) is 5.70 Å². The number of rotatable bonds is 4. The van der Waals surface area contributed by atoms with E-state index in [1.54, 1.807) is 16.9 Å². The first-order chi connectivity index (χ1) is 9.69. The maximum Gasteiger partial charge on any atom is 0.269 e. The Kier molecular flexibility index (Phi) is 6.47. The van der Waals surface area contributed by atoms with E-state index in [-0.39, 0.29) is 5.69 Å². The Morgan fingerprint density at radius 1 is 1.30 bits per heavy atom. The van der Waals surface area contributed by atoms with Crippen LogP contribution < -0.4 is 0 Å². The smallest absolute Gasteiger partial charge is 0.258 e. The first-order valence-corrected chi connectivity index (χ1v) is 6.17. The summed E-state index contributed by atoms with van der Waals surface area (Å²) in [4.78, 5) is 10.3. The third-order valence-corrected chi connectivity index (χ3v) is 2.31.